The fourth-order valence-corrected chi connectivity index (χ4v) is 3.73. The Hall–Kier alpha value is -1.75. The summed E-state index contributed by atoms with van der Waals surface area (Å²) >= 11 is 5.89. The topological polar surface area (TPSA) is 61.4 Å². The summed E-state index contributed by atoms with van der Waals surface area (Å²) in [5.74, 6) is 0.536. The Balaban J connectivity index is 1.54. The third-order valence-corrected chi connectivity index (χ3v) is 5.28. The minimum Gasteiger partial charge on any atom is -0.335 e. The Labute approximate surface area is 147 Å². The van der Waals surface area contributed by atoms with Crippen LogP contribution in [0.5, 0.6) is 0 Å². The van der Waals surface area contributed by atoms with Gasteiger partial charge in [0.15, 0.2) is 0 Å². The van der Waals surface area contributed by atoms with Gasteiger partial charge in [0.25, 0.3) is 0 Å². The Morgan fingerprint density at radius 2 is 1.88 bits per heavy atom. The lowest BCUT2D eigenvalue weighted by Gasteiger charge is -2.30. The molecule has 130 valence electrons. The Bertz CT molecular complexity index is 605. The van der Waals surface area contributed by atoms with Crippen molar-refractivity contribution in [1.29, 1.82) is 0 Å². The molecule has 1 aliphatic heterocycles. The third kappa shape index (κ3) is 4.01. The highest BCUT2D eigenvalue weighted by atomic mass is 35.5. The summed E-state index contributed by atoms with van der Waals surface area (Å²) < 4.78 is 0. The van der Waals surface area contributed by atoms with Gasteiger partial charge in [-0.25, -0.2) is 4.79 Å². The molecular formula is C18H24ClN3O2. The molecule has 1 saturated heterocycles. The molecule has 2 fully saturated rings. The van der Waals surface area contributed by atoms with E-state index in [-0.39, 0.29) is 24.0 Å². The van der Waals surface area contributed by atoms with Gasteiger partial charge in [0, 0.05) is 29.7 Å². The van der Waals surface area contributed by atoms with Crippen LogP contribution in [-0.4, -0.2) is 30.6 Å². The summed E-state index contributed by atoms with van der Waals surface area (Å²) in [6, 6.07) is 7.10. The van der Waals surface area contributed by atoms with Gasteiger partial charge in [0.2, 0.25) is 5.91 Å². The van der Waals surface area contributed by atoms with Crippen molar-refractivity contribution in [2.24, 2.45) is 5.92 Å². The molecule has 3 atom stereocenters. The van der Waals surface area contributed by atoms with Crippen molar-refractivity contribution in [2.45, 2.75) is 51.1 Å². The predicted molar refractivity (Wildman–Crippen MR) is 95.3 cm³/mol. The fraction of sp³-hybridized carbons (Fsp3) is 0.556. The molecule has 1 aliphatic carbocycles. The van der Waals surface area contributed by atoms with Crippen LogP contribution in [0.3, 0.4) is 0 Å². The molecule has 1 aromatic rings. The number of benzene rings is 1. The maximum Gasteiger partial charge on any atom is 0.315 e. The maximum absolute atomic E-state index is 12.2. The van der Waals surface area contributed by atoms with Crippen LogP contribution in [0.2, 0.25) is 5.02 Å². The largest absolute Gasteiger partial charge is 0.335 e. The first kappa shape index (κ1) is 17.1. The molecule has 1 aromatic carbocycles. The first-order valence-corrected chi connectivity index (χ1v) is 9.03. The molecule has 3 amide bonds. The quantitative estimate of drug-likeness (QED) is 0.879. The van der Waals surface area contributed by atoms with E-state index in [1.807, 2.05) is 12.1 Å². The molecular weight excluding hydrogens is 326 g/mol. The number of nitrogens with one attached hydrogen (secondary N) is 2. The van der Waals surface area contributed by atoms with Gasteiger partial charge in [-0.2, -0.15) is 0 Å². The highest BCUT2D eigenvalue weighted by Crippen LogP contribution is 2.25. The molecule has 1 heterocycles. The average Bonchev–Trinajstić information content (AvgIpc) is 2.90. The van der Waals surface area contributed by atoms with E-state index in [9.17, 15) is 9.59 Å². The first-order chi connectivity index (χ1) is 11.5. The van der Waals surface area contributed by atoms with E-state index >= 15 is 0 Å². The summed E-state index contributed by atoms with van der Waals surface area (Å²) in [6.45, 7) is 2.68. The standard InChI is InChI=1S/C18H24ClN3O2/c1-12-4-2-3-5-16(12)21-18(24)20-14-10-17(23)22(11-14)15-8-6-13(19)7-9-15/h6-9,12,14,16H,2-5,10-11H2,1H3,(H2,20,21,24). The van der Waals surface area contributed by atoms with E-state index in [4.69, 9.17) is 11.6 Å². The number of carbonyl (C=O) groups excluding carboxylic acids is 2. The lowest BCUT2D eigenvalue weighted by Crippen LogP contribution is -2.49. The number of anilines is 1. The van der Waals surface area contributed by atoms with Crippen LogP contribution in [-0.2, 0) is 4.79 Å². The van der Waals surface area contributed by atoms with Crippen LogP contribution in [0, 0.1) is 5.92 Å². The number of urea groups is 1. The zero-order valence-electron chi connectivity index (χ0n) is 13.9. The molecule has 2 aliphatic rings. The van der Waals surface area contributed by atoms with Gasteiger partial charge < -0.3 is 15.5 Å². The van der Waals surface area contributed by atoms with Crippen LogP contribution >= 0.6 is 11.6 Å². The van der Waals surface area contributed by atoms with Crippen LogP contribution in [0.25, 0.3) is 0 Å². The van der Waals surface area contributed by atoms with E-state index in [0.717, 1.165) is 18.5 Å². The normalized spacial score (nSPS) is 27.2. The molecule has 6 heteroatoms. The lowest BCUT2D eigenvalue weighted by molar-refractivity contribution is -0.117. The fourth-order valence-electron chi connectivity index (χ4n) is 3.60. The van der Waals surface area contributed by atoms with Crippen molar-refractivity contribution < 1.29 is 9.59 Å². The summed E-state index contributed by atoms with van der Waals surface area (Å²) in [5.41, 5.74) is 0.815. The SMILES string of the molecule is CC1CCCCC1NC(=O)NC1CC(=O)N(c2ccc(Cl)cc2)C1. The second-order valence-electron chi connectivity index (χ2n) is 6.87. The van der Waals surface area contributed by atoms with Crippen LogP contribution in [0.4, 0.5) is 10.5 Å². The molecule has 0 aromatic heterocycles. The summed E-state index contributed by atoms with van der Waals surface area (Å²) in [4.78, 5) is 26.2. The number of hydrogen-bond donors (Lipinski definition) is 2. The van der Waals surface area contributed by atoms with E-state index < -0.39 is 0 Å². The monoisotopic (exact) mass is 349 g/mol. The smallest absolute Gasteiger partial charge is 0.315 e. The Morgan fingerprint density at radius 3 is 2.58 bits per heavy atom. The van der Waals surface area contributed by atoms with Gasteiger partial charge in [-0.1, -0.05) is 31.4 Å². The molecule has 2 N–H and O–H groups in total. The number of rotatable bonds is 3. The van der Waals surface area contributed by atoms with E-state index in [2.05, 4.69) is 17.6 Å². The molecule has 0 bridgehead atoms. The van der Waals surface area contributed by atoms with Crippen LogP contribution < -0.4 is 15.5 Å². The van der Waals surface area contributed by atoms with Crippen LogP contribution in [0.15, 0.2) is 24.3 Å². The van der Waals surface area contributed by atoms with Gasteiger partial charge in [0.1, 0.15) is 0 Å². The first-order valence-electron chi connectivity index (χ1n) is 8.66. The van der Waals surface area contributed by atoms with Crippen LogP contribution in [0.1, 0.15) is 39.0 Å². The molecule has 3 unspecified atom stereocenters. The van der Waals surface area contributed by atoms with Gasteiger partial charge >= 0.3 is 6.03 Å². The predicted octanol–water partition coefficient (Wildman–Crippen LogP) is 3.32. The Morgan fingerprint density at radius 1 is 1.17 bits per heavy atom. The number of halogens is 1. The van der Waals surface area contributed by atoms with Gasteiger partial charge in [0.05, 0.1) is 6.04 Å². The van der Waals surface area contributed by atoms with Crippen molar-refractivity contribution in [1.82, 2.24) is 10.6 Å². The van der Waals surface area contributed by atoms with E-state index in [0.29, 0.717) is 23.9 Å². The van der Waals surface area contributed by atoms with Crippen molar-refractivity contribution in [3.63, 3.8) is 0 Å². The maximum atomic E-state index is 12.2. The second kappa shape index (κ2) is 7.43. The van der Waals surface area contributed by atoms with Crippen molar-refractivity contribution >= 4 is 29.2 Å². The number of amides is 3. The summed E-state index contributed by atoms with van der Waals surface area (Å²) in [6.07, 6.45) is 4.94. The number of hydrogen-bond acceptors (Lipinski definition) is 2. The van der Waals surface area contributed by atoms with Crippen molar-refractivity contribution in [2.75, 3.05) is 11.4 Å². The summed E-state index contributed by atoms with van der Waals surface area (Å²) in [7, 11) is 0. The van der Waals surface area contributed by atoms with Gasteiger partial charge in [-0.05, 0) is 43.0 Å². The second-order valence-corrected chi connectivity index (χ2v) is 7.30. The van der Waals surface area contributed by atoms with Gasteiger partial charge in [-0.3, -0.25) is 4.79 Å². The molecule has 5 nitrogen and oxygen atoms in total. The minimum absolute atomic E-state index is 0.0219. The van der Waals surface area contributed by atoms with E-state index in [1.54, 1.807) is 17.0 Å². The molecule has 0 spiro atoms. The molecule has 1 saturated carbocycles. The highest BCUT2D eigenvalue weighted by Gasteiger charge is 2.32. The Kier molecular flexibility index (Phi) is 5.29. The number of nitrogens with zero attached hydrogens (tertiary/aromatic N) is 1. The molecule has 24 heavy (non-hydrogen) atoms. The van der Waals surface area contributed by atoms with E-state index in [1.165, 1.54) is 12.8 Å². The molecule has 0 radical (unpaired) electrons. The van der Waals surface area contributed by atoms with Crippen molar-refractivity contribution in [3.05, 3.63) is 29.3 Å². The highest BCUT2D eigenvalue weighted by molar-refractivity contribution is 6.30. The lowest BCUT2D eigenvalue weighted by atomic mass is 9.86. The zero-order chi connectivity index (χ0) is 17.1. The number of carbonyl (C=O) groups is 2. The third-order valence-electron chi connectivity index (χ3n) is 5.03. The molecule has 3 rings (SSSR count). The zero-order valence-corrected chi connectivity index (χ0v) is 14.7. The minimum atomic E-state index is -0.162. The average molecular weight is 350 g/mol. The van der Waals surface area contributed by atoms with Gasteiger partial charge in [-0.15, -0.1) is 0 Å². The summed E-state index contributed by atoms with van der Waals surface area (Å²) in [5, 5.41) is 6.66. The van der Waals surface area contributed by atoms with Crippen molar-refractivity contribution in [3.8, 4) is 0 Å².